The smallest absolute Gasteiger partial charge is 0.139 e. The minimum absolute atomic E-state index is 0. The molecule has 3 nitrogen and oxygen atoms in total. The lowest BCUT2D eigenvalue weighted by atomic mass is 10.1. The van der Waals surface area contributed by atoms with Gasteiger partial charge >= 0.3 is 0 Å². The summed E-state index contributed by atoms with van der Waals surface area (Å²) in [6.45, 7) is 4.38. The molecule has 6 rings (SSSR count). The first kappa shape index (κ1) is 25.4. The van der Waals surface area contributed by atoms with Gasteiger partial charge in [0.25, 0.3) is 0 Å². The molecule has 1 N–H and O–H groups in total. The van der Waals surface area contributed by atoms with E-state index in [1.165, 1.54) is 10.9 Å². The lowest BCUT2D eigenvalue weighted by Gasteiger charge is -1.93. The summed E-state index contributed by atoms with van der Waals surface area (Å²) in [5, 5.41) is 15.0. The van der Waals surface area contributed by atoms with Crippen LogP contribution in [0.3, 0.4) is 0 Å². The number of hydrogen-bond donors (Lipinski definition) is 1. The summed E-state index contributed by atoms with van der Waals surface area (Å²) in [6, 6.07) is 22.4. The van der Waals surface area contributed by atoms with Crippen molar-refractivity contribution in [3.63, 3.8) is 0 Å². The summed E-state index contributed by atoms with van der Waals surface area (Å²) in [5.74, 6) is 0.230. The Bertz CT molecular complexity index is 1460. The largest absolute Gasteiger partial charge is 0.507 e. The standard InChI is InChI=1S/C13H9ClO.C12H7ClO2.C2H6.CH4.FH/c1-8-3-2-4-11-13(8)10-6-5-9(14)7-12(10)15-11;13-7-4-5-8-11(6-7)15-10-3-1-2-9(14)12(8)10;1-2;;/h2-7H,1H3;1-6,14H;1-2H3;1H4;1H/i;;1D;;. The van der Waals surface area contributed by atoms with Crippen LogP contribution in [-0.2, 0) is 0 Å². The van der Waals surface area contributed by atoms with E-state index >= 15 is 0 Å². The van der Waals surface area contributed by atoms with Crippen LogP contribution in [-0.4, -0.2) is 5.11 Å². The van der Waals surface area contributed by atoms with E-state index < -0.39 is 0 Å². The number of aromatic hydroxyl groups is 1. The molecule has 0 aliphatic heterocycles. The molecule has 2 aromatic heterocycles. The number of rotatable bonds is 0. The number of phenolic OH excluding ortho intramolecular Hbond substituents is 1. The Balaban J connectivity index is 0.000000211. The zero-order chi connectivity index (χ0) is 23.5. The Morgan fingerprint density at radius 1 is 0.735 bits per heavy atom. The van der Waals surface area contributed by atoms with Crippen LogP contribution in [0.5, 0.6) is 5.75 Å². The highest BCUT2D eigenvalue weighted by molar-refractivity contribution is 6.32. The van der Waals surface area contributed by atoms with E-state index in [2.05, 4.69) is 13.0 Å². The monoisotopic (exact) mass is 501 g/mol. The number of hydrogen-bond acceptors (Lipinski definition) is 3. The van der Waals surface area contributed by atoms with Crippen molar-refractivity contribution in [3.8, 4) is 5.75 Å². The molecular formula is C28H27Cl2FO3. The van der Waals surface area contributed by atoms with Crippen molar-refractivity contribution in [2.45, 2.75) is 28.2 Å². The number of halogens is 3. The number of benzene rings is 4. The van der Waals surface area contributed by atoms with Crippen molar-refractivity contribution in [2.24, 2.45) is 0 Å². The minimum atomic E-state index is 0. The molecule has 0 atom stereocenters. The average Bonchev–Trinajstić information content (AvgIpc) is 3.33. The minimum Gasteiger partial charge on any atom is -0.507 e. The van der Waals surface area contributed by atoms with E-state index in [1.54, 1.807) is 31.2 Å². The molecule has 178 valence electrons. The van der Waals surface area contributed by atoms with Crippen molar-refractivity contribution in [3.05, 3.63) is 88.4 Å². The second kappa shape index (κ2) is 11.3. The van der Waals surface area contributed by atoms with Crippen LogP contribution in [0.15, 0.2) is 81.6 Å². The third kappa shape index (κ3) is 4.98. The van der Waals surface area contributed by atoms with Gasteiger partial charge in [0.05, 0.1) is 5.39 Å². The molecule has 0 fully saturated rings. The molecule has 0 aliphatic rings. The molecule has 0 bridgehead atoms. The molecule has 6 heteroatoms. The molecule has 0 unspecified atom stereocenters. The Morgan fingerprint density at radius 2 is 1.21 bits per heavy atom. The maximum atomic E-state index is 9.73. The Labute approximate surface area is 209 Å². The van der Waals surface area contributed by atoms with E-state index in [0.717, 1.165) is 27.3 Å². The fourth-order valence-corrected chi connectivity index (χ4v) is 4.08. The number of fused-ring (bicyclic) bond motifs is 6. The summed E-state index contributed by atoms with van der Waals surface area (Å²) in [7, 11) is 0. The predicted octanol–water partition coefficient (Wildman–Crippen LogP) is 10.3. The maximum Gasteiger partial charge on any atom is 0.139 e. The Kier molecular flexibility index (Phi) is 8.43. The van der Waals surface area contributed by atoms with Gasteiger partial charge in [-0.05, 0) is 55.0 Å². The SMILES string of the molecule is C.Cc1cccc2oc3cc(Cl)ccc3c12.F.Oc1cccc2oc3cc(Cl)ccc3c12.[2H]CC. The van der Waals surface area contributed by atoms with Gasteiger partial charge in [0, 0.05) is 39.7 Å². The van der Waals surface area contributed by atoms with E-state index in [0.29, 0.717) is 28.1 Å². The lowest BCUT2D eigenvalue weighted by molar-refractivity contribution is 0.481. The maximum absolute atomic E-state index is 9.73. The highest BCUT2D eigenvalue weighted by Crippen LogP contribution is 2.35. The van der Waals surface area contributed by atoms with Gasteiger partial charge in [0.2, 0.25) is 0 Å². The molecule has 0 radical (unpaired) electrons. The van der Waals surface area contributed by atoms with Crippen molar-refractivity contribution in [1.82, 2.24) is 0 Å². The number of aryl methyl sites for hydroxylation is 1. The Morgan fingerprint density at radius 3 is 1.76 bits per heavy atom. The van der Waals surface area contributed by atoms with E-state index in [4.69, 9.17) is 33.4 Å². The Hall–Kier alpha value is -3.21. The third-order valence-corrected chi connectivity index (χ3v) is 5.57. The molecule has 0 amide bonds. The summed E-state index contributed by atoms with van der Waals surface area (Å²) in [5.41, 5.74) is 4.37. The molecular weight excluding hydrogens is 474 g/mol. The summed E-state index contributed by atoms with van der Waals surface area (Å²) < 4.78 is 17.5. The summed E-state index contributed by atoms with van der Waals surface area (Å²) in [4.78, 5) is 0. The molecule has 2 heterocycles. The first-order valence-electron chi connectivity index (χ1n) is 10.8. The van der Waals surface area contributed by atoms with Gasteiger partial charge in [0.15, 0.2) is 0 Å². The van der Waals surface area contributed by atoms with Crippen LogP contribution >= 0.6 is 23.2 Å². The van der Waals surface area contributed by atoms with Crippen LogP contribution in [0.25, 0.3) is 43.9 Å². The van der Waals surface area contributed by atoms with Crippen LogP contribution in [0.4, 0.5) is 4.70 Å². The van der Waals surface area contributed by atoms with Gasteiger partial charge in [-0.1, -0.05) is 62.7 Å². The summed E-state index contributed by atoms with van der Waals surface area (Å²) in [6.07, 6.45) is 0. The molecule has 6 aromatic rings. The van der Waals surface area contributed by atoms with Crippen LogP contribution in [0.1, 0.15) is 28.2 Å². The van der Waals surface area contributed by atoms with Crippen molar-refractivity contribution in [2.75, 3.05) is 0 Å². The third-order valence-electron chi connectivity index (χ3n) is 5.10. The second-order valence-corrected chi connectivity index (χ2v) is 7.96. The quantitative estimate of drug-likeness (QED) is 0.225. The van der Waals surface area contributed by atoms with E-state index in [-0.39, 0.29) is 17.9 Å². The molecule has 0 saturated carbocycles. The highest BCUT2D eigenvalue weighted by Gasteiger charge is 2.10. The predicted molar refractivity (Wildman–Crippen MR) is 144 cm³/mol. The zero-order valence-electron chi connectivity index (χ0n) is 19.1. The van der Waals surface area contributed by atoms with Crippen LogP contribution in [0.2, 0.25) is 10.0 Å². The van der Waals surface area contributed by atoms with Gasteiger partial charge in [-0.25, -0.2) is 0 Å². The van der Waals surface area contributed by atoms with Gasteiger partial charge in [-0.3, -0.25) is 4.70 Å². The summed E-state index contributed by atoms with van der Waals surface area (Å²) >= 11 is 11.8. The fraction of sp³-hybridized carbons (Fsp3) is 0.143. The van der Waals surface area contributed by atoms with Gasteiger partial charge < -0.3 is 13.9 Å². The topological polar surface area (TPSA) is 46.5 Å². The molecule has 0 spiro atoms. The van der Waals surface area contributed by atoms with E-state index in [9.17, 15) is 5.11 Å². The van der Waals surface area contributed by atoms with Gasteiger partial charge in [0.1, 0.15) is 28.1 Å². The van der Waals surface area contributed by atoms with Crippen molar-refractivity contribution >= 4 is 67.1 Å². The number of phenols is 1. The highest BCUT2D eigenvalue weighted by atomic mass is 35.5. The lowest BCUT2D eigenvalue weighted by Crippen LogP contribution is -1.72. The van der Waals surface area contributed by atoms with E-state index in [1.807, 2.05) is 42.5 Å². The number of furan rings is 2. The normalized spacial score (nSPS) is 10.5. The zero-order valence-corrected chi connectivity index (χ0v) is 19.6. The molecule has 0 aliphatic carbocycles. The molecule has 4 aromatic carbocycles. The van der Waals surface area contributed by atoms with Gasteiger partial charge in [-0.15, -0.1) is 0 Å². The molecule has 34 heavy (non-hydrogen) atoms. The first-order chi connectivity index (χ1) is 15.9. The average molecular weight is 502 g/mol. The van der Waals surface area contributed by atoms with Gasteiger partial charge in [-0.2, -0.15) is 0 Å². The van der Waals surface area contributed by atoms with Crippen LogP contribution in [0, 0.1) is 6.92 Å². The van der Waals surface area contributed by atoms with Crippen molar-refractivity contribution < 1.29 is 20.0 Å². The van der Waals surface area contributed by atoms with Crippen LogP contribution < -0.4 is 0 Å². The molecule has 0 saturated heterocycles. The fourth-order valence-electron chi connectivity index (χ4n) is 3.76. The second-order valence-electron chi connectivity index (χ2n) is 7.08. The van der Waals surface area contributed by atoms with Crippen molar-refractivity contribution in [1.29, 1.82) is 0 Å². The first-order valence-corrected chi connectivity index (χ1v) is 10.8.